The van der Waals surface area contributed by atoms with Crippen molar-refractivity contribution in [3.8, 4) is 17.0 Å². The Labute approximate surface area is 111 Å². The summed E-state index contributed by atoms with van der Waals surface area (Å²) in [6.07, 6.45) is 1.81. The molecule has 3 rings (SSSR count). The smallest absolute Gasteiger partial charge is 0.213 e. The van der Waals surface area contributed by atoms with Gasteiger partial charge in [-0.3, -0.25) is 4.98 Å². The number of ether oxygens (including phenoxy) is 1. The number of hydrogen-bond acceptors (Lipinski definition) is 3. The fourth-order valence-corrected chi connectivity index (χ4v) is 2.18. The molecule has 0 spiro atoms. The minimum Gasteiger partial charge on any atom is -0.481 e. The molecule has 0 atom stereocenters. The Balaban J connectivity index is 2.15. The summed E-state index contributed by atoms with van der Waals surface area (Å²) in [5.41, 5.74) is 4.28. The molecule has 0 bridgehead atoms. The first-order valence-electron chi connectivity index (χ1n) is 6.15. The molecule has 2 aromatic heterocycles. The Bertz CT molecular complexity index is 738. The maximum Gasteiger partial charge on any atom is 0.213 e. The summed E-state index contributed by atoms with van der Waals surface area (Å²) >= 11 is 0. The molecule has 0 saturated heterocycles. The van der Waals surface area contributed by atoms with Crippen molar-refractivity contribution >= 4 is 10.9 Å². The van der Waals surface area contributed by atoms with E-state index in [0.29, 0.717) is 5.88 Å². The number of hydrogen-bond donors (Lipinski definition) is 0. The number of pyridine rings is 2. The van der Waals surface area contributed by atoms with Crippen LogP contribution in [0.5, 0.6) is 5.88 Å². The Morgan fingerprint density at radius 2 is 1.95 bits per heavy atom. The van der Waals surface area contributed by atoms with Crippen LogP contribution in [0.15, 0.2) is 48.7 Å². The highest BCUT2D eigenvalue weighted by atomic mass is 16.5. The third-order valence-electron chi connectivity index (χ3n) is 3.19. The van der Waals surface area contributed by atoms with Crippen molar-refractivity contribution in [3.63, 3.8) is 0 Å². The summed E-state index contributed by atoms with van der Waals surface area (Å²) in [5, 5.41) is 1.10. The van der Waals surface area contributed by atoms with Crippen molar-refractivity contribution in [3.05, 3.63) is 54.4 Å². The van der Waals surface area contributed by atoms with Crippen LogP contribution in [-0.4, -0.2) is 17.1 Å². The Kier molecular flexibility index (Phi) is 2.88. The molecule has 0 aliphatic rings. The van der Waals surface area contributed by atoms with E-state index in [-0.39, 0.29) is 0 Å². The predicted octanol–water partition coefficient (Wildman–Crippen LogP) is 3.61. The minimum absolute atomic E-state index is 0.637. The van der Waals surface area contributed by atoms with Crippen LogP contribution >= 0.6 is 0 Å². The van der Waals surface area contributed by atoms with E-state index in [1.54, 1.807) is 7.11 Å². The zero-order valence-corrected chi connectivity index (χ0v) is 10.9. The predicted molar refractivity (Wildman–Crippen MR) is 76.3 cm³/mol. The van der Waals surface area contributed by atoms with Gasteiger partial charge in [-0.25, -0.2) is 4.98 Å². The first-order valence-corrected chi connectivity index (χ1v) is 6.15. The van der Waals surface area contributed by atoms with Gasteiger partial charge in [0, 0.05) is 28.9 Å². The maximum atomic E-state index is 5.14. The molecule has 0 unspecified atom stereocenters. The van der Waals surface area contributed by atoms with E-state index < -0.39 is 0 Å². The second kappa shape index (κ2) is 4.69. The molecular weight excluding hydrogens is 236 g/mol. The van der Waals surface area contributed by atoms with Crippen LogP contribution in [-0.2, 0) is 0 Å². The highest BCUT2D eigenvalue weighted by Crippen LogP contribution is 2.26. The highest BCUT2D eigenvalue weighted by molar-refractivity contribution is 5.85. The Morgan fingerprint density at radius 1 is 1.05 bits per heavy atom. The molecule has 0 N–H and O–H groups in total. The van der Waals surface area contributed by atoms with Gasteiger partial charge in [0.15, 0.2) is 0 Å². The van der Waals surface area contributed by atoms with Crippen LogP contribution < -0.4 is 4.74 Å². The average molecular weight is 250 g/mol. The standard InChI is InChI=1S/C16H14N2O/c1-11-14(4-3-9-17-11)12-5-7-15-13(10-12)6-8-16(18-15)19-2/h3-10H,1-2H3. The van der Waals surface area contributed by atoms with Crippen LogP contribution in [0.25, 0.3) is 22.0 Å². The van der Waals surface area contributed by atoms with Gasteiger partial charge in [0.05, 0.1) is 12.6 Å². The average Bonchev–Trinajstić information content (AvgIpc) is 2.46. The molecule has 0 amide bonds. The molecule has 3 nitrogen and oxygen atoms in total. The molecule has 3 aromatic rings. The molecule has 0 aliphatic carbocycles. The molecule has 19 heavy (non-hydrogen) atoms. The second-order valence-electron chi connectivity index (χ2n) is 4.40. The molecule has 94 valence electrons. The van der Waals surface area contributed by atoms with Crippen molar-refractivity contribution < 1.29 is 4.74 Å². The van der Waals surface area contributed by atoms with Crippen LogP contribution in [0.4, 0.5) is 0 Å². The number of fused-ring (bicyclic) bond motifs is 1. The molecule has 0 radical (unpaired) electrons. The molecule has 1 aromatic carbocycles. The van der Waals surface area contributed by atoms with Crippen molar-refractivity contribution in [1.29, 1.82) is 0 Å². The van der Waals surface area contributed by atoms with E-state index in [4.69, 9.17) is 4.74 Å². The lowest BCUT2D eigenvalue weighted by molar-refractivity contribution is 0.399. The van der Waals surface area contributed by atoms with E-state index in [1.807, 2.05) is 37.4 Å². The van der Waals surface area contributed by atoms with Crippen molar-refractivity contribution in [2.24, 2.45) is 0 Å². The van der Waals surface area contributed by atoms with Crippen molar-refractivity contribution in [2.45, 2.75) is 6.92 Å². The van der Waals surface area contributed by atoms with Gasteiger partial charge in [0.2, 0.25) is 5.88 Å². The maximum absolute atomic E-state index is 5.14. The number of aromatic nitrogens is 2. The summed E-state index contributed by atoms with van der Waals surface area (Å²) in [4.78, 5) is 8.74. The van der Waals surface area contributed by atoms with Crippen LogP contribution in [0.1, 0.15) is 5.69 Å². The summed E-state index contributed by atoms with van der Waals surface area (Å²) < 4.78 is 5.14. The van der Waals surface area contributed by atoms with Gasteiger partial charge in [0.1, 0.15) is 0 Å². The summed E-state index contributed by atoms with van der Waals surface area (Å²) in [6.45, 7) is 2.02. The molecule has 2 heterocycles. The third-order valence-corrected chi connectivity index (χ3v) is 3.19. The van der Waals surface area contributed by atoms with Gasteiger partial charge in [-0.15, -0.1) is 0 Å². The van der Waals surface area contributed by atoms with E-state index in [0.717, 1.165) is 27.7 Å². The van der Waals surface area contributed by atoms with Gasteiger partial charge in [-0.05, 0) is 36.8 Å². The molecule has 3 heteroatoms. The fourth-order valence-electron chi connectivity index (χ4n) is 2.18. The largest absolute Gasteiger partial charge is 0.481 e. The van der Waals surface area contributed by atoms with Crippen LogP contribution in [0.2, 0.25) is 0 Å². The topological polar surface area (TPSA) is 35.0 Å². The highest BCUT2D eigenvalue weighted by Gasteiger charge is 2.04. The summed E-state index contributed by atoms with van der Waals surface area (Å²) in [7, 11) is 1.63. The summed E-state index contributed by atoms with van der Waals surface area (Å²) in [5.74, 6) is 0.637. The summed E-state index contributed by atoms with van der Waals surface area (Å²) in [6, 6.07) is 14.2. The van der Waals surface area contributed by atoms with Gasteiger partial charge < -0.3 is 4.74 Å². The lowest BCUT2D eigenvalue weighted by Crippen LogP contribution is -1.89. The van der Waals surface area contributed by atoms with Gasteiger partial charge in [0.25, 0.3) is 0 Å². The van der Waals surface area contributed by atoms with E-state index in [9.17, 15) is 0 Å². The molecule has 0 aliphatic heterocycles. The first-order chi connectivity index (χ1) is 9.28. The normalized spacial score (nSPS) is 10.6. The van der Waals surface area contributed by atoms with E-state index in [2.05, 4.69) is 28.2 Å². The van der Waals surface area contributed by atoms with Gasteiger partial charge >= 0.3 is 0 Å². The lowest BCUT2D eigenvalue weighted by Gasteiger charge is -2.07. The van der Waals surface area contributed by atoms with E-state index in [1.165, 1.54) is 0 Å². The van der Waals surface area contributed by atoms with Crippen molar-refractivity contribution in [1.82, 2.24) is 9.97 Å². The number of aryl methyl sites for hydroxylation is 1. The third kappa shape index (κ3) is 2.15. The van der Waals surface area contributed by atoms with Gasteiger partial charge in [-0.1, -0.05) is 12.1 Å². The second-order valence-corrected chi connectivity index (χ2v) is 4.40. The SMILES string of the molecule is COc1ccc2cc(-c3cccnc3C)ccc2n1. The number of rotatable bonds is 2. The number of nitrogens with zero attached hydrogens (tertiary/aromatic N) is 2. The van der Waals surface area contributed by atoms with Crippen LogP contribution in [0.3, 0.4) is 0 Å². The van der Waals surface area contributed by atoms with Crippen molar-refractivity contribution in [2.75, 3.05) is 7.11 Å². The quantitative estimate of drug-likeness (QED) is 0.696. The zero-order valence-electron chi connectivity index (χ0n) is 10.9. The number of benzene rings is 1. The Hall–Kier alpha value is -2.42. The molecular formula is C16H14N2O. The van der Waals surface area contributed by atoms with E-state index >= 15 is 0 Å². The molecule has 0 fully saturated rings. The minimum atomic E-state index is 0.637. The van der Waals surface area contributed by atoms with Crippen LogP contribution in [0, 0.1) is 6.92 Å². The first kappa shape index (κ1) is 11.7. The number of methoxy groups -OCH3 is 1. The lowest BCUT2D eigenvalue weighted by atomic mass is 10.0. The fraction of sp³-hybridized carbons (Fsp3) is 0.125. The monoisotopic (exact) mass is 250 g/mol. The Morgan fingerprint density at radius 3 is 2.74 bits per heavy atom. The zero-order chi connectivity index (χ0) is 13.2. The van der Waals surface area contributed by atoms with Gasteiger partial charge in [-0.2, -0.15) is 0 Å². The molecule has 0 saturated carbocycles.